The van der Waals surface area contributed by atoms with Crippen LogP contribution >= 0.6 is 35.3 Å². The van der Waals surface area contributed by atoms with Gasteiger partial charge in [0.2, 0.25) is 0 Å². The summed E-state index contributed by atoms with van der Waals surface area (Å²) in [7, 11) is 2.14. The van der Waals surface area contributed by atoms with Crippen LogP contribution in [-0.4, -0.2) is 31.0 Å². The Morgan fingerprint density at radius 1 is 1.12 bits per heavy atom. The first kappa shape index (κ1) is 22.9. The molecule has 6 heteroatoms. The van der Waals surface area contributed by atoms with Gasteiger partial charge in [0.25, 0.3) is 0 Å². The molecule has 0 spiro atoms. The number of aliphatic imine (C=N–C) groups is 1. The quantitative estimate of drug-likeness (QED) is 0.331. The molecule has 0 bridgehead atoms. The van der Waals surface area contributed by atoms with Crippen LogP contribution in [0.15, 0.2) is 41.4 Å². The Balaban J connectivity index is 0.00000338. The second-order valence-electron chi connectivity index (χ2n) is 6.21. The first-order chi connectivity index (χ1) is 12.1. The third kappa shape index (κ3) is 8.05. The summed E-state index contributed by atoms with van der Waals surface area (Å²) in [5, 5.41) is 6.74. The van der Waals surface area contributed by atoms with Crippen LogP contribution in [0.4, 0.5) is 0 Å². The standard InChI is InChI=1S/C20H30N4S.HI/c1-5-21-20(23-14-19-11-10-16(3)25-19)22-13-17-8-7-9-18(12-17)15-24(4)6-2;/h7-12H,5-6,13-15H2,1-4H3,(H2,21,22,23);1H. The van der Waals surface area contributed by atoms with Gasteiger partial charge in [0, 0.05) is 22.8 Å². The van der Waals surface area contributed by atoms with Gasteiger partial charge < -0.3 is 15.5 Å². The van der Waals surface area contributed by atoms with Crippen molar-refractivity contribution in [2.24, 2.45) is 4.99 Å². The molecule has 2 N–H and O–H groups in total. The number of halogens is 1. The van der Waals surface area contributed by atoms with Crippen LogP contribution < -0.4 is 10.6 Å². The molecule has 0 aliphatic rings. The molecule has 0 saturated heterocycles. The number of benzene rings is 1. The lowest BCUT2D eigenvalue weighted by Gasteiger charge is -2.14. The largest absolute Gasteiger partial charge is 0.357 e. The molecule has 26 heavy (non-hydrogen) atoms. The van der Waals surface area contributed by atoms with Gasteiger partial charge in [-0.05, 0) is 50.7 Å². The van der Waals surface area contributed by atoms with E-state index in [1.807, 2.05) is 11.3 Å². The molecule has 1 heterocycles. The van der Waals surface area contributed by atoms with E-state index in [0.29, 0.717) is 6.54 Å². The lowest BCUT2D eigenvalue weighted by molar-refractivity contribution is 0.345. The van der Waals surface area contributed by atoms with Crippen molar-refractivity contribution in [3.63, 3.8) is 0 Å². The average molecular weight is 486 g/mol. The van der Waals surface area contributed by atoms with Crippen molar-refractivity contribution in [3.05, 3.63) is 57.3 Å². The van der Waals surface area contributed by atoms with Gasteiger partial charge in [0.1, 0.15) is 0 Å². The number of nitrogens with zero attached hydrogens (tertiary/aromatic N) is 2. The molecule has 2 aromatic rings. The van der Waals surface area contributed by atoms with Crippen molar-refractivity contribution < 1.29 is 0 Å². The lowest BCUT2D eigenvalue weighted by Crippen LogP contribution is -2.36. The summed E-state index contributed by atoms with van der Waals surface area (Å²) >= 11 is 1.82. The summed E-state index contributed by atoms with van der Waals surface area (Å²) in [6.45, 7) is 10.8. The predicted octanol–water partition coefficient (Wildman–Crippen LogP) is 4.38. The van der Waals surface area contributed by atoms with Gasteiger partial charge in [0.15, 0.2) is 5.96 Å². The zero-order valence-electron chi connectivity index (χ0n) is 16.2. The molecule has 2 rings (SSSR count). The molecule has 0 radical (unpaired) electrons. The van der Waals surface area contributed by atoms with E-state index in [1.165, 1.54) is 20.9 Å². The van der Waals surface area contributed by atoms with Gasteiger partial charge >= 0.3 is 0 Å². The topological polar surface area (TPSA) is 39.7 Å². The normalized spacial score (nSPS) is 11.3. The Bertz CT molecular complexity index is 684. The maximum Gasteiger partial charge on any atom is 0.191 e. The molecular formula is C20H31IN4S. The number of aryl methyl sites for hydroxylation is 1. The van der Waals surface area contributed by atoms with Gasteiger partial charge in [-0.15, -0.1) is 35.3 Å². The van der Waals surface area contributed by atoms with Crippen LogP contribution in [0.1, 0.15) is 34.7 Å². The van der Waals surface area contributed by atoms with Crippen molar-refractivity contribution in [1.82, 2.24) is 15.5 Å². The minimum Gasteiger partial charge on any atom is -0.357 e. The molecule has 0 amide bonds. The highest BCUT2D eigenvalue weighted by atomic mass is 127. The maximum atomic E-state index is 4.73. The Labute approximate surface area is 179 Å². The Kier molecular flexibility index (Phi) is 10.8. The summed E-state index contributed by atoms with van der Waals surface area (Å²) in [5.74, 6) is 0.865. The molecule has 1 aromatic carbocycles. The molecule has 0 aliphatic carbocycles. The van der Waals surface area contributed by atoms with Crippen LogP contribution in [0, 0.1) is 6.92 Å². The van der Waals surface area contributed by atoms with E-state index in [-0.39, 0.29) is 24.0 Å². The van der Waals surface area contributed by atoms with Crippen LogP contribution in [0.2, 0.25) is 0 Å². The van der Waals surface area contributed by atoms with Gasteiger partial charge in [-0.1, -0.05) is 31.2 Å². The van der Waals surface area contributed by atoms with Crippen LogP contribution in [0.25, 0.3) is 0 Å². The first-order valence-corrected chi connectivity index (χ1v) is 9.76. The predicted molar refractivity (Wildman–Crippen MR) is 125 cm³/mol. The number of nitrogens with one attached hydrogen (secondary N) is 2. The second kappa shape index (κ2) is 12.3. The Hall–Kier alpha value is -1.12. The second-order valence-corrected chi connectivity index (χ2v) is 7.58. The van der Waals surface area contributed by atoms with Crippen molar-refractivity contribution in [1.29, 1.82) is 0 Å². The summed E-state index contributed by atoms with van der Waals surface area (Å²) in [6, 6.07) is 13.0. The molecule has 144 valence electrons. The van der Waals surface area contributed by atoms with Gasteiger partial charge in [-0.25, -0.2) is 4.99 Å². The first-order valence-electron chi connectivity index (χ1n) is 8.94. The van der Waals surface area contributed by atoms with Crippen molar-refractivity contribution in [3.8, 4) is 0 Å². The number of rotatable bonds is 8. The Morgan fingerprint density at radius 3 is 2.54 bits per heavy atom. The molecule has 0 fully saturated rings. The fourth-order valence-corrected chi connectivity index (χ4v) is 3.34. The molecule has 0 aliphatic heterocycles. The van der Waals surface area contributed by atoms with E-state index in [2.05, 4.69) is 79.8 Å². The van der Waals surface area contributed by atoms with E-state index >= 15 is 0 Å². The minimum absolute atomic E-state index is 0. The van der Waals surface area contributed by atoms with Crippen molar-refractivity contribution >= 4 is 41.3 Å². The van der Waals surface area contributed by atoms with Gasteiger partial charge in [-0.3, -0.25) is 0 Å². The molecule has 0 unspecified atom stereocenters. The number of thiophene rings is 1. The molecule has 1 aromatic heterocycles. The van der Waals surface area contributed by atoms with Gasteiger partial charge in [0.05, 0.1) is 13.1 Å². The summed E-state index contributed by atoms with van der Waals surface area (Å²) < 4.78 is 0. The highest BCUT2D eigenvalue weighted by Gasteiger charge is 2.02. The average Bonchev–Trinajstić information content (AvgIpc) is 3.03. The van der Waals surface area contributed by atoms with Crippen LogP contribution in [-0.2, 0) is 19.6 Å². The monoisotopic (exact) mass is 486 g/mol. The molecular weight excluding hydrogens is 455 g/mol. The van der Waals surface area contributed by atoms with Crippen molar-refractivity contribution in [2.75, 3.05) is 20.1 Å². The summed E-state index contributed by atoms with van der Waals surface area (Å²) in [5.41, 5.74) is 2.58. The van der Waals surface area contributed by atoms with Crippen LogP contribution in [0.5, 0.6) is 0 Å². The van der Waals surface area contributed by atoms with Crippen LogP contribution in [0.3, 0.4) is 0 Å². The fourth-order valence-electron chi connectivity index (χ4n) is 2.51. The summed E-state index contributed by atoms with van der Waals surface area (Å²) in [4.78, 5) is 9.70. The van der Waals surface area contributed by atoms with E-state index in [1.54, 1.807) is 0 Å². The lowest BCUT2D eigenvalue weighted by atomic mass is 10.1. The highest BCUT2D eigenvalue weighted by molar-refractivity contribution is 14.0. The zero-order valence-corrected chi connectivity index (χ0v) is 19.4. The van der Waals surface area contributed by atoms with E-state index in [4.69, 9.17) is 4.99 Å². The number of hydrogen-bond acceptors (Lipinski definition) is 3. The van der Waals surface area contributed by atoms with Gasteiger partial charge in [-0.2, -0.15) is 0 Å². The molecule has 0 atom stereocenters. The van der Waals surface area contributed by atoms with Crippen molar-refractivity contribution in [2.45, 2.75) is 40.4 Å². The Morgan fingerprint density at radius 2 is 1.88 bits per heavy atom. The molecule has 0 saturated carbocycles. The van der Waals surface area contributed by atoms with E-state index in [0.717, 1.165) is 32.1 Å². The number of hydrogen-bond donors (Lipinski definition) is 2. The molecule has 4 nitrogen and oxygen atoms in total. The third-order valence-electron chi connectivity index (χ3n) is 3.97. The third-order valence-corrected chi connectivity index (χ3v) is 4.97. The smallest absolute Gasteiger partial charge is 0.191 e. The maximum absolute atomic E-state index is 4.73. The SMILES string of the molecule is CCNC(=NCc1cccc(CN(C)CC)c1)NCc1ccc(C)s1.I. The number of guanidine groups is 1. The highest BCUT2D eigenvalue weighted by Crippen LogP contribution is 2.14. The van der Waals surface area contributed by atoms with E-state index in [9.17, 15) is 0 Å². The fraction of sp³-hybridized carbons (Fsp3) is 0.450. The van der Waals surface area contributed by atoms with E-state index < -0.39 is 0 Å². The minimum atomic E-state index is 0. The summed E-state index contributed by atoms with van der Waals surface area (Å²) in [6.07, 6.45) is 0. The zero-order chi connectivity index (χ0) is 18.1.